The van der Waals surface area contributed by atoms with Crippen molar-refractivity contribution in [2.75, 3.05) is 6.61 Å². The molecule has 0 amide bonds. The van der Waals surface area contributed by atoms with Crippen molar-refractivity contribution in [1.82, 2.24) is 0 Å². The Bertz CT molecular complexity index is 191. The number of alkyl halides is 3. The molecule has 5 nitrogen and oxygen atoms in total. The predicted molar refractivity (Wildman–Crippen MR) is 24.5 cm³/mol. The molecule has 0 spiro atoms. The van der Waals surface area contributed by atoms with Gasteiger partial charge in [0.05, 0.1) is 0 Å². The summed E-state index contributed by atoms with van der Waals surface area (Å²) in [6, 6.07) is 0. The molecule has 0 bridgehead atoms. The summed E-state index contributed by atoms with van der Waals surface area (Å²) < 4.78 is 45.2. The van der Waals surface area contributed by atoms with E-state index in [1.54, 1.807) is 0 Å². The lowest BCUT2D eigenvalue weighted by atomic mass is 10.5. The highest BCUT2D eigenvalue weighted by Gasteiger charge is 2.57. The average Bonchev–Trinajstić information content (AvgIpc) is 1.80. The van der Waals surface area contributed by atoms with E-state index >= 15 is 0 Å². The maximum absolute atomic E-state index is 11.5. The third-order valence-corrected chi connectivity index (χ3v) is 0.943. The quantitative estimate of drug-likeness (QED) is 0.632. The van der Waals surface area contributed by atoms with Crippen molar-refractivity contribution in [2.45, 2.75) is 12.3 Å². The van der Waals surface area contributed by atoms with Crippen LogP contribution in [-0.2, 0) is 14.2 Å². The molecule has 0 aromatic rings. The fraction of sp³-hybridized carbons (Fsp3) is 0.750. The van der Waals surface area contributed by atoms with Crippen LogP contribution in [0.15, 0.2) is 0 Å². The van der Waals surface area contributed by atoms with Gasteiger partial charge in [-0.3, -0.25) is 0 Å². The minimum atomic E-state index is -5.04. The number of hydrogen-bond donors (Lipinski definition) is 1. The van der Waals surface area contributed by atoms with Crippen LogP contribution in [0.3, 0.4) is 0 Å². The molecule has 1 rings (SSSR count). The summed E-state index contributed by atoms with van der Waals surface area (Å²) in [6.45, 7) is -1.22. The summed E-state index contributed by atoms with van der Waals surface area (Å²) in [5, 5.41) is 8.29. The van der Waals surface area contributed by atoms with Crippen molar-refractivity contribution in [3.63, 3.8) is 0 Å². The first-order valence-electron chi connectivity index (χ1n) is 2.67. The second-order valence-corrected chi connectivity index (χ2v) is 1.84. The van der Waals surface area contributed by atoms with Crippen molar-refractivity contribution in [3.05, 3.63) is 0 Å². The Kier molecular flexibility index (Phi) is 1.88. The van der Waals surface area contributed by atoms with Crippen molar-refractivity contribution >= 4 is 6.16 Å². The smallest absolute Gasteiger partial charge is 0.385 e. The van der Waals surface area contributed by atoms with Crippen molar-refractivity contribution in [2.24, 2.45) is 0 Å². The lowest BCUT2D eigenvalue weighted by Crippen LogP contribution is -2.57. The second-order valence-electron chi connectivity index (χ2n) is 1.84. The molecule has 0 unspecified atom stereocenters. The van der Waals surface area contributed by atoms with Gasteiger partial charge in [-0.1, -0.05) is 0 Å². The third-order valence-electron chi connectivity index (χ3n) is 0.943. The molecular formula is C4H3F3O5. The molecule has 70 valence electrons. The molecule has 1 fully saturated rings. The van der Waals surface area contributed by atoms with Gasteiger partial charge in [-0.15, -0.1) is 13.2 Å². The van der Waals surface area contributed by atoms with E-state index in [0.29, 0.717) is 0 Å². The van der Waals surface area contributed by atoms with Gasteiger partial charge < -0.3 is 14.6 Å². The third kappa shape index (κ3) is 1.77. The van der Waals surface area contributed by atoms with Crippen LogP contribution < -0.4 is 0 Å². The molecule has 12 heavy (non-hydrogen) atoms. The molecule has 0 aliphatic carbocycles. The van der Waals surface area contributed by atoms with E-state index in [-0.39, 0.29) is 0 Å². The number of ether oxygens (including phenoxy) is 3. The van der Waals surface area contributed by atoms with Gasteiger partial charge in [0.1, 0.15) is 0 Å². The van der Waals surface area contributed by atoms with Crippen LogP contribution in [0.1, 0.15) is 0 Å². The molecule has 1 heterocycles. The van der Waals surface area contributed by atoms with E-state index in [4.69, 9.17) is 5.11 Å². The molecule has 0 radical (unpaired) electrons. The molecular weight excluding hydrogens is 185 g/mol. The minimum absolute atomic E-state index is 1.22. The number of aliphatic hydroxyl groups is 1. The Morgan fingerprint density at radius 1 is 1.50 bits per heavy atom. The van der Waals surface area contributed by atoms with Crippen molar-refractivity contribution < 1.29 is 37.3 Å². The summed E-state index contributed by atoms with van der Waals surface area (Å²) in [6.07, 6.45) is -6.36. The minimum Gasteiger partial charge on any atom is -0.385 e. The SMILES string of the molecule is O=C1OC(CO)(OC(F)(F)F)O1. The van der Waals surface area contributed by atoms with Crippen LogP contribution >= 0.6 is 0 Å². The number of aliphatic hydroxyl groups excluding tert-OH is 1. The fourth-order valence-electron chi connectivity index (χ4n) is 0.576. The second kappa shape index (κ2) is 2.49. The lowest BCUT2D eigenvalue weighted by molar-refractivity contribution is -0.504. The highest BCUT2D eigenvalue weighted by Crippen LogP contribution is 2.33. The molecule has 0 atom stereocenters. The first-order chi connectivity index (χ1) is 5.37. The zero-order valence-corrected chi connectivity index (χ0v) is 5.42. The fourth-order valence-corrected chi connectivity index (χ4v) is 0.576. The summed E-state index contributed by atoms with van der Waals surface area (Å²) in [5.41, 5.74) is 0. The Labute approximate surface area is 63.6 Å². The largest absolute Gasteiger partial charge is 0.528 e. The van der Waals surface area contributed by atoms with Crippen LogP contribution in [0.2, 0.25) is 0 Å². The Hall–Kier alpha value is -1.02. The summed E-state index contributed by atoms with van der Waals surface area (Å²) in [7, 11) is 0. The van der Waals surface area contributed by atoms with Crippen LogP contribution in [0.4, 0.5) is 18.0 Å². The van der Waals surface area contributed by atoms with Crippen LogP contribution in [-0.4, -0.2) is 30.2 Å². The zero-order valence-electron chi connectivity index (χ0n) is 5.42. The molecule has 0 aromatic carbocycles. The van der Waals surface area contributed by atoms with E-state index in [9.17, 15) is 18.0 Å². The van der Waals surface area contributed by atoms with E-state index in [0.717, 1.165) is 0 Å². The standard InChI is InChI=1S/C4H3F3O5/c5-4(6,7)12-3(1-8)10-2(9)11-3/h8H,1H2. The van der Waals surface area contributed by atoms with E-state index in [1.165, 1.54) is 0 Å². The first-order valence-corrected chi connectivity index (χ1v) is 2.67. The van der Waals surface area contributed by atoms with E-state index in [2.05, 4.69) is 14.2 Å². The molecule has 1 N–H and O–H groups in total. The molecule has 8 heteroatoms. The molecule has 0 aromatic heterocycles. The van der Waals surface area contributed by atoms with E-state index in [1.807, 2.05) is 0 Å². The van der Waals surface area contributed by atoms with Crippen molar-refractivity contribution in [3.8, 4) is 0 Å². The number of halogens is 3. The van der Waals surface area contributed by atoms with Gasteiger partial charge in [-0.2, -0.15) is 0 Å². The Balaban J connectivity index is 2.53. The molecule has 1 aliphatic heterocycles. The molecule has 1 aliphatic rings. The number of carbonyl (C=O) groups excluding carboxylic acids is 1. The van der Waals surface area contributed by atoms with Gasteiger partial charge in [0.25, 0.3) is 0 Å². The Morgan fingerprint density at radius 2 is 2.00 bits per heavy atom. The van der Waals surface area contributed by atoms with Gasteiger partial charge in [-0.25, -0.2) is 9.53 Å². The van der Waals surface area contributed by atoms with Gasteiger partial charge >= 0.3 is 18.5 Å². The summed E-state index contributed by atoms with van der Waals surface area (Å²) in [5.74, 6) is -2.70. The monoisotopic (exact) mass is 188 g/mol. The molecule has 0 saturated carbocycles. The first kappa shape index (κ1) is 9.07. The van der Waals surface area contributed by atoms with Crippen molar-refractivity contribution in [1.29, 1.82) is 0 Å². The summed E-state index contributed by atoms with van der Waals surface area (Å²) in [4.78, 5) is 9.96. The Morgan fingerprint density at radius 3 is 2.25 bits per heavy atom. The maximum Gasteiger partial charge on any atom is 0.528 e. The van der Waals surface area contributed by atoms with Crippen LogP contribution in [0, 0.1) is 0 Å². The lowest BCUT2D eigenvalue weighted by Gasteiger charge is -2.36. The normalized spacial score (nSPS) is 20.8. The van der Waals surface area contributed by atoms with Gasteiger partial charge in [0.15, 0.2) is 6.61 Å². The zero-order chi connectivity index (χ0) is 9.41. The maximum atomic E-state index is 11.5. The topological polar surface area (TPSA) is 65.0 Å². The highest BCUT2D eigenvalue weighted by atomic mass is 19.4. The van der Waals surface area contributed by atoms with Gasteiger partial charge in [0.2, 0.25) is 0 Å². The molecule has 1 saturated heterocycles. The number of cyclic esters (lactones) is 2. The van der Waals surface area contributed by atoms with E-state index < -0.39 is 25.1 Å². The number of hydrogen-bond acceptors (Lipinski definition) is 5. The summed E-state index contributed by atoms with van der Waals surface area (Å²) >= 11 is 0. The number of carbonyl (C=O) groups is 1. The van der Waals surface area contributed by atoms with Gasteiger partial charge in [-0.05, 0) is 0 Å². The predicted octanol–water partition coefficient (Wildman–Crippen LogP) is 0.336. The highest BCUT2D eigenvalue weighted by molar-refractivity contribution is 5.65. The van der Waals surface area contributed by atoms with Crippen LogP contribution in [0.25, 0.3) is 0 Å². The van der Waals surface area contributed by atoms with Crippen LogP contribution in [0.5, 0.6) is 0 Å². The average molecular weight is 188 g/mol. The van der Waals surface area contributed by atoms with Gasteiger partial charge in [0, 0.05) is 0 Å². The number of rotatable bonds is 2.